The lowest BCUT2D eigenvalue weighted by Gasteiger charge is -2.22. The normalized spacial score (nSPS) is 13.6. The highest BCUT2D eigenvalue weighted by Crippen LogP contribution is 2.23. The van der Waals surface area contributed by atoms with Crippen molar-refractivity contribution in [3.8, 4) is 5.75 Å². The number of rotatable bonds is 5. The van der Waals surface area contributed by atoms with Crippen LogP contribution < -0.4 is 15.8 Å². The van der Waals surface area contributed by atoms with Crippen LogP contribution >= 0.6 is 0 Å². The molecule has 6 nitrogen and oxygen atoms in total. The predicted octanol–water partition coefficient (Wildman–Crippen LogP) is 1.25. The maximum Gasteiger partial charge on any atom is 0.417 e. The van der Waals surface area contributed by atoms with E-state index in [9.17, 15) is 9.90 Å². The first-order valence-corrected chi connectivity index (χ1v) is 6.53. The summed E-state index contributed by atoms with van der Waals surface area (Å²) in [5.74, 6) is -0.0818. The summed E-state index contributed by atoms with van der Waals surface area (Å²) >= 11 is 0. The summed E-state index contributed by atoms with van der Waals surface area (Å²) in [7, 11) is 0. The lowest BCUT2D eigenvalue weighted by molar-refractivity contribution is 0.100. The van der Waals surface area contributed by atoms with Crippen molar-refractivity contribution in [2.24, 2.45) is 0 Å². The van der Waals surface area contributed by atoms with Crippen molar-refractivity contribution in [2.45, 2.75) is 32.4 Å². The van der Waals surface area contributed by atoms with Crippen LogP contribution in [-0.4, -0.2) is 34.9 Å². The van der Waals surface area contributed by atoms with Crippen LogP contribution in [0.15, 0.2) is 27.4 Å². The van der Waals surface area contributed by atoms with Gasteiger partial charge in [-0.15, -0.1) is 0 Å². The second-order valence-corrected chi connectivity index (χ2v) is 5.74. The highest BCUT2D eigenvalue weighted by molar-refractivity contribution is 5.78. The molecule has 0 aliphatic rings. The summed E-state index contributed by atoms with van der Waals surface area (Å²) in [5.41, 5.74) is 0.886. The van der Waals surface area contributed by atoms with Gasteiger partial charge >= 0.3 is 5.76 Å². The third kappa shape index (κ3) is 3.85. The molecule has 0 fully saturated rings. The summed E-state index contributed by atoms with van der Waals surface area (Å²) < 4.78 is 10.5. The van der Waals surface area contributed by atoms with Gasteiger partial charge in [-0.3, -0.25) is 4.98 Å². The zero-order chi connectivity index (χ0) is 14.8. The number of aromatic amines is 1. The Labute approximate surface area is 116 Å². The van der Waals surface area contributed by atoms with Crippen molar-refractivity contribution in [2.75, 3.05) is 13.2 Å². The van der Waals surface area contributed by atoms with Crippen LogP contribution in [0, 0.1) is 0 Å². The molecule has 2 rings (SSSR count). The van der Waals surface area contributed by atoms with Crippen LogP contribution in [0.2, 0.25) is 0 Å². The van der Waals surface area contributed by atoms with E-state index in [1.165, 1.54) is 0 Å². The molecule has 1 aromatic carbocycles. The molecule has 20 heavy (non-hydrogen) atoms. The third-order valence-corrected chi connectivity index (χ3v) is 2.71. The number of aliphatic hydroxyl groups excluding tert-OH is 1. The number of fused-ring (bicyclic) bond motifs is 1. The van der Waals surface area contributed by atoms with Crippen molar-refractivity contribution in [1.82, 2.24) is 10.3 Å². The van der Waals surface area contributed by atoms with Gasteiger partial charge in [0.15, 0.2) is 11.3 Å². The standard InChI is InChI=1S/C14H20N2O4/c1-14(2,3)15-7-9(17)8-19-11-6-4-5-10-12(11)20-13(18)16-10/h4-6,9,15,17H,7-8H2,1-3H3,(H,16,18). The van der Waals surface area contributed by atoms with Crippen LogP contribution in [0.5, 0.6) is 5.75 Å². The lowest BCUT2D eigenvalue weighted by Crippen LogP contribution is -2.42. The molecule has 0 radical (unpaired) electrons. The van der Waals surface area contributed by atoms with Crippen molar-refractivity contribution in [1.29, 1.82) is 0 Å². The summed E-state index contributed by atoms with van der Waals surface area (Å²) in [6.07, 6.45) is -0.643. The maximum absolute atomic E-state index is 11.2. The Morgan fingerprint density at radius 1 is 1.45 bits per heavy atom. The molecule has 0 aliphatic carbocycles. The van der Waals surface area contributed by atoms with Crippen molar-refractivity contribution in [3.63, 3.8) is 0 Å². The van der Waals surface area contributed by atoms with E-state index < -0.39 is 11.9 Å². The number of benzene rings is 1. The van der Waals surface area contributed by atoms with E-state index >= 15 is 0 Å². The molecular weight excluding hydrogens is 260 g/mol. The van der Waals surface area contributed by atoms with Crippen LogP contribution in [0.25, 0.3) is 11.1 Å². The Morgan fingerprint density at radius 3 is 2.90 bits per heavy atom. The number of H-pyrrole nitrogens is 1. The summed E-state index contributed by atoms with van der Waals surface area (Å²) in [6.45, 7) is 6.62. The number of para-hydroxylation sites is 1. The second kappa shape index (κ2) is 5.68. The minimum absolute atomic E-state index is 0.0611. The molecule has 0 bridgehead atoms. The van der Waals surface area contributed by atoms with Gasteiger partial charge in [0.05, 0.1) is 5.52 Å². The van der Waals surface area contributed by atoms with E-state index in [0.29, 0.717) is 23.4 Å². The van der Waals surface area contributed by atoms with Gasteiger partial charge in [0.2, 0.25) is 0 Å². The number of hydrogen-bond donors (Lipinski definition) is 3. The lowest BCUT2D eigenvalue weighted by atomic mass is 10.1. The first kappa shape index (κ1) is 14.6. The van der Waals surface area contributed by atoms with Crippen LogP contribution in [0.4, 0.5) is 0 Å². The minimum Gasteiger partial charge on any atom is -0.487 e. The van der Waals surface area contributed by atoms with E-state index in [1.54, 1.807) is 18.2 Å². The molecule has 110 valence electrons. The number of aliphatic hydroxyl groups is 1. The smallest absolute Gasteiger partial charge is 0.417 e. The molecule has 0 saturated heterocycles. The van der Waals surface area contributed by atoms with Crippen molar-refractivity contribution < 1.29 is 14.3 Å². The van der Waals surface area contributed by atoms with Gasteiger partial charge in [0, 0.05) is 12.1 Å². The summed E-state index contributed by atoms with van der Waals surface area (Å²) in [4.78, 5) is 13.7. The quantitative estimate of drug-likeness (QED) is 0.767. The van der Waals surface area contributed by atoms with Crippen LogP contribution in [-0.2, 0) is 0 Å². The average molecular weight is 280 g/mol. The van der Waals surface area contributed by atoms with Gasteiger partial charge in [0.1, 0.15) is 12.7 Å². The van der Waals surface area contributed by atoms with Gasteiger partial charge < -0.3 is 19.6 Å². The Kier molecular flexibility index (Phi) is 4.15. The van der Waals surface area contributed by atoms with Crippen molar-refractivity contribution in [3.05, 3.63) is 28.7 Å². The summed E-state index contributed by atoms with van der Waals surface area (Å²) in [5, 5.41) is 13.1. The highest BCUT2D eigenvalue weighted by atomic mass is 16.5. The van der Waals surface area contributed by atoms with E-state index in [-0.39, 0.29) is 12.1 Å². The molecule has 6 heteroatoms. The monoisotopic (exact) mass is 280 g/mol. The first-order chi connectivity index (χ1) is 9.35. The van der Waals surface area contributed by atoms with Gasteiger partial charge in [-0.2, -0.15) is 0 Å². The highest BCUT2D eigenvalue weighted by Gasteiger charge is 2.14. The fourth-order valence-corrected chi connectivity index (χ4v) is 1.73. The number of ether oxygens (including phenoxy) is 1. The fraction of sp³-hybridized carbons (Fsp3) is 0.500. The van der Waals surface area contributed by atoms with Crippen molar-refractivity contribution >= 4 is 11.1 Å². The van der Waals surface area contributed by atoms with E-state index in [4.69, 9.17) is 9.15 Å². The number of β-amino-alcohol motifs (C(OH)–C–C–N with tert-alkyl or cyclic N) is 1. The zero-order valence-corrected chi connectivity index (χ0v) is 11.9. The maximum atomic E-state index is 11.2. The topological polar surface area (TPSA) is 87.5 Å². The van der Waals surface area contributed by atoms with Crippen LogP contribution in [0.1, 0.15) is 20.8 Å². The molecule has 1 unspecified atom stereocenters. The predicted molar refractivity (Wildman–Crippen MR) is 76.1 cm³/mol. The third-order valence-electron chi connectivity index (χ3n) is 2.71. The molecular formula is C14H20N2O4. The number of nitrogens with one attached hydrogen (secondary N) is 2. The molecule has 3 N–H and O–H groups in total. The molecule has 1 aromatic heterocycles. The summed E-state index contributed by atoms with van der Waals surface area (Å²) in [6, 6.07) is 5.18. The number of oxazole rings is 1. The molecule has 0 saturated carbocycles. The Hall–Kier alpha value is -1.79. The Bertz CT molecular complexity index is 624. The molecule has 0 amide bonds. The van der Waals surface area contributed by atoms with Crippen LogP contribution in [0.3, 0.4) is 0 Å². The SMILES string of the molecule is CC(C)(C)NCC(O)COc1cccc2[nH]c(=O)oc12. The van der Waals surface area contributed by atoms with E-state index in [2.05, 4.69) is 10.3 Å². The minimum atomic E-state index is -0.643. The number of hydrogen-bond acceptors (Lipinski definition) is 5. The van der Waals surface area contributed by atoms with Gasteiger partial charge in [-0.05, 0) is 32.9 Å². The average Bonchev–Trinajstić information content (AvgIpc) is 2.73. The molecule has 2 aromatic rings. The van der Waals surface area contributed by atoms with Gasteiger partial charge in [-0.25, -0.2) is 4.79 Å². The zero-order valence-electron chi connectivity index (χ0n) is 11.9. The van der Waals surface area contributed by atoms with E-state index in [1.807, 2.05) is 20.8 Å². The largest absolute Gasteiger partial charge is 0.487 e. The second-order valence-electron chi connectivity index (χ2n) is 5.74. The first-order valence-electron chi connectivity index (χ1n) is 6.53. The fourth-order valence-electron chi connectivity index (χ4n) is 1.73. The molecule has 1 heterocycles. The Balaban J connectivity index is 1.97. The van der Waals surface area contributed by atoms with Gasteiger partial charge in [0.25, 0.3) is 0 Å². The molecule has 0 aliphatic heterocycles. The molecule has 1 atom stereocenters. The number of aromatic nitrogens is 1. The van der Waals surface area contributed by atoms with Gasteiger partial charge in [-0.1, -0.05) is 6.07 Å². The molecule has 0 spiro atoms. The Morgan fingerprint density at radius 2 is 2.20 bits per heavy atom. The van der Waals surface area contributed by atoms with E-state index in [0.717, 1.165) is 0 Å².